The van der Waals surface area contributed by atoms with Crippen molar-refractivity contribution >= 4 is 34.8 Å². The molecule has 0 atom stereocenters. The van der Waals surface area contributed by atoms with Crippen molar-refractivity contribution < 1.29 is 4.79 Å². The second-order valence-corrected chi connectivity index (χ2v) is 4.58. The Morgan fingerprint density at radius 2 is 2.17 bits per heavy atom. The Hall–Kier alpha value is -1.37. The van der Waals surface area contributed by atoms with Crippen LogP contribution in [0, 0.1) is 12.3 Å². The van der Waals surface area contributed by atoms with Gasteiger partial charge in [-0.05, 0) is 18.6 Å². The van der Waals surface area contributed by atoms with Gasteiger partial charge in [0.25, 0.3) is 5.91 Å². The average molecular weight is 285 g/mol. The number of carbonyl (C=O) groups excluding carboxylic acids is 1. The molecule has 0 saturated heterocycles. The molecule has 0 unspecified atom stereocenters. The standard InChI is InChI=1S/C13H14Cl2N2O/c1-3-5-17(6-4-2)13(18)10-7-9(16)8-11(14)12(10)15/h1,7-8H,4-6,16H2,2H3. The molecule has 0 spiro atoms. The number of hydrogen-bond donors (Lipinski definition) is 1. The van der Waals surface area contributed by atoms with E-state index in [-0.39, 0.29) is 28.1 Å². The first-order valence-corrected chi connectivity index (χ1v) is 6.24. The maximum absolute atomic E-state index is 12.3. The maximum atomic E-state index is 12.3. The van der Waals surface area contributed by atoms with Crippen molar-refractivity contribution in [2.75, 3.05) is 18.8 Å². The van der Waals surface area contributed by atoms with E-state index in [1.165, 1.54) is 17.0 Å². The van der Waals surface area contributed by atoms with Crippen molar-refractivity contribution in [2.24, 2.45) is 0 Å². The van der Waals surface area contributed by atoms with Gasteiger partial charge in [-0.3, -0.25) is 4.79 Å². The molecule has 2 N–H and O–H groups in total. The van der Waals surface area contributed by atoms with Crippen LogP contribution in [0.3, 0.4) is 0 Å². The molecule has 0 aliphatic heterocycles. The van der Waals surface area contributed by atoms with Crippen molar-refractivity contribution in [3.8, 4) is 12.3 Å². The third-order valence-electron chi connectivity index (χ3n) is 2.34. The normalized spacial score (nSPS) is 9.89. The van der Waals surface area contributed by atoms with Crippen molar-refractivity contribution in [3.05, 3.63) is 27.7 Å². The zero-order valence-corrected chi connectivity index (χ0v) is 11.6. The summed E-state index contributed by atoms with van der Waals surface area (Å²) in [5, 5.41) is 0.464. The summed E-state index contributed by atoms with van der Waals surface area (Å²) in [5.41, 5.74) is 6.34. The Morgan fingerprint density at radius 3 is 2.72 bits per heavy atom. The van der Waals surface area contributed by atoms with Gasteiger partial charge in [0.05, 0.1) is 22.2 Å². The molecule has 1 amide bonds. The average Bonchev–Trinajstić information content (AvgIpc) is 2.32. The van der Waals surface area contributed by atoms with Gasteiger partial charge in [0.1, 0.15) is 0 Å². The smallest absolute Gasteiger partial charge is 0.256 e. The van der Waals surface area contributed by atoms with Crippen LogP contribution in [0.4, 0.5) is 5.69 Å². The summed E-state index contributed by atoms with van der Waals surface area (Å²) < 4.78 is 0. The second-order valence-electron chi connectivity index (χ2n) is 3.80. The third-order valence-corrected chi connectivity index (χ3v) is 3.15. The zero-order valence-electron chi connectivity index (χ0n) is 10.0. The van der Waals surface area contributed by atoms with E-state index in [0.29, 0.717) is 12.2 Å². The van der Waals surface area contributed by atoms with Crippen LogP contribution in [-0.4, -0.2) is 23.9 Å². The number of nitrogen functional groups attached to an aromatic ring is 1. The second kappa shape index (κ2) is 6.53. The molecule has 1 aromatic carbocycles. The number of nitrogens with two attached hydrogens (primary N) is 1. The van der Waals surface area contributed by atoms with Crippen LogP contribution in [0.2, 0.25) is 10.0 Å². The Bertz CT molecular complexity index is 494. The predicted octanol–water partition coefficient (Wildman–Crippen LogP) is 3.06. The van der Waals surface area contributed by atoms with Gasteiger partial charge in [0, 0.05) is 12.2 Å². The lowest BCUT2D eigenvalue weighted by Gasteiger charge is -2.20. The molecule has 96 valence electrons. The Labute approximate surface area is 117 Å². The summed E-state index contributed by atoms with van der Waals surface area (Å²) in [5.74, 6) is 2.19. The number of amides is 1. The summed E-state index contributed by atoms with van der Waals surface area (Å²) in [4.78, 5) is 13.8. The van der Waals surface area contributed by atoms with E-state index >= 15 is 0 Å². The van der Waals surface area contributed by atoms with E-state index in [4.69, 9.17) is 35.4 Å². The Balaban J connectivity index is 3.12. The lowest BCUT2D eigenvalue weighted by Crippen LogP contribution is -2.32. The largest absolute Gasteiger partial charge is 0.399 e. The van der Waals surface area contributed by atoms with E-state index in [0.717, 1.165) is 6.42 Å². The van der Waals surface area contributed by atoms with Gasteiger partial charge in [-0.1, -0.05) is 36.0 Å². The number of rotatable bonds is 4. The fourth-order valence-corrected chi connectivity index (χ4v) is 1.99. The molecule has 0 bridgehead atoms. The summed E-state index contributed by atoms with van der Waals surface area (Å²) in [6.07, 6.45) is 6.05. The third kappa shape index (κ3) is 3.32. The number of carbonyl (C=O) groups is 1. The van der Waals surface area contributed by atoms with Crippen LogP contribution in [-0.2, 0) is 0 Å². The van der Waals surface area contributed by atoms with E-state index in [2.05, 4.69) is 5.92 Å². The topological polar surface area (TPSA) is 46.3 Å². The van der Waals surface area contributed by atoms with Gasteiger partial charge < -0.3 is 10.6 Å². The van der Waals surface area contributed by atoms with Gasteiger partial charge in [-0.25, -0.2) is 0 Å². The van der Waals surface area contributed by atoms with E-state index in [1.807, 2.05) is 6.92 Å². The molecule has 0 aliphatic carbocycles. The SMILES string of the molecule is C#CCN(CCC)C(=O)c1cc(N)cc(Cl)c1Cl. The monoisotopic (exact) mass is 284 g/mol. The van der Waals surface area contributed by atoms with Crippen LogP contribution in [0.15, 0.2) is 12.1 Å². The fraction of sp³-hybridized carbons (Fsp3) is 0.308. The minimum Gasteiger partial charge on any atom is -0.399 e. The quantitative estimate of drug-likeness (QED) is 0.682. The molecule has 0 aromatic heterocycles. The number of halogens is 2. The van der Waals surface area contributed by atoms with Crippen molar-refractivity contribution in [3.63, 3.8) is 0 Å². The molecule has 0 aliphatic rings. The number of anilines is 1. The van der Waals surface area contributed by atoms with Gasteiger partial charge in [0.2, 0.25) is 0 Å². The highest BCUT2D eigenvalue weighted by Crippen LogP contribution is 2.29. The van der Waals surface area contributed by atoms with Crippen molar-refractivity contribution in [1.82, 2.24) is 4.90 Å². The van der Waals surface area contributed by atoms with Crippen LogP contribution in [0.1, 0.15) is 23.7 Å². The minimum absolute atomic E-state index is 0.203. The molecule has 5 heteroatoms. The molecule has 0 fully saturated rings. The first-order chi connectivity index (χ1) is 8.51. The number of hydrogen-bond acceptors (Lipinski definition) is 2. The lowest BCUT2D eigenvalue weighted by molar-refractivity contribution is 0.0777. The highest BCUT2D eigenvalue weighted by atomic mass is 35.5. The first kappa shape index (κ1) is 14.7. The van der Waals surface area contributed by atoms with Crippen LogP contribution in [0.25, 0.3) is 0 Å². The van der Waals surface area contributed by atoms with E-state index in [1.54, 1.807) is 0 Å². The van der Waals surface area contributed by atoms with Gasteiger partial charge in [-0.2, -0.15) is 0 Å². The maximum Gasteiger partial charge on any atom is 0.256 e. The number of terminal acetylenes is 1. The van der Waals surface area contributed by atoms with Crippen LogP contribution < -0.4 is 5.73 Å². The predicted molar refractivity (Wildman–Crippen MR) is 75.9 cm³/mol. The van der Waals surface area contributed by atoms with Crippen LogP contribution in [0.5, 0.6) is 0 Å². The Kier molecular flexibility index (Phi) is 5.33. The minimum atomic E-state index is -0.256. The molecule has 0 radical (unpaired) electrons. The summed E-state index contributed by atoms with van der Waals surface area (Å²) in [6.45, 7) is 2.76. The zero-order chi connectivity index (χ0) is 13.7. The van der Waals surface area contributed by atoms with Gasteiger partial charge >= 0.3 is 0 Å². The molecular formula is C13H14Cl2N2O. The van der Waals surface area contributed by atoms with Crippen molar-refractivity contribution in [2.45, 2.75) is 13.3 Å². The van der Waals surface area contributed by atoms with E-state index in [9.17, 15) is 4.79 Å². The highest BCUT2D eigenvalue weighted by molar-refractivity contribution is 6.44. The van der Waals surface area contributed by atoms with Crippen molar-refractivity contribution in [1.29, 1.82) is 0 Å². The molecule has 18 heavy (non-hydrogen) atoms. The highest BCUT2D eigenvalue weighted by Gasteiger charge is 2.19. The molecule has 1 aromatic rings. The molecule has 3 nitrogen and oxygen atoms in total. The van der Waals surface area contributed by atoms with E-state index < -0.39 is 0 Å². The molecule has 0 heterocycles. The number of benzene rings is 1. The molecule has 0 saturated carbocycles. The molecule has 1 rings (SSSR count). The van der Waals surface area contributed by atoms with Gasteiger partial charge in [-0.15, -0.1) is 6.42 Å². The Morgan fingerprint density at radius 1 is 1.50 bits per heavy atom. The summed E-state index contributed by atoms with van der Waals surface area (Å²) in [7, 11) is 0. The fourth-order valence-electron chi connectivity index (χ4n) is 1.57. The van der Waals surface area contributed by atoms with Gasteiger partial charge in [0.15, 0.2) is 0 Å². The molecular weight excluding hydrogens is 271 g/mol. The summed E-state index contributed by atoms with van der Waals surface area (Å²) in [6, 6.07) is 3.02. The summed E-state index contributed by atoms with van der Waals surface area (Å²) >= 11 is 11.9. The first-order valence-electron chi connectivity index (χ1n) is 5.48. The lowest BCUT2D eigenvalue weighted by atomic mass is 10.1. The number of nitrogens with zero attached hydrogens (tertiary/aromatic N) is 1. The van der Waals surface area contributed by atoms with Crippen LogP contribution >= 0.6 is 23.2 Å².